The summed E-state index contributed by atoms with van der Waals surface area (Å²) in [6.07, 6.45) is 0. The van der Waals surface area contributed by atoms with Crippen LogP contribution in [-0.2, 0) is 0 Å². The maximum Gasteiger partial charge on any atom is 0.181 e. The van der Waals surface area contributed by atoms with Gasteiger partial charge in [-0.3, -0.25) is 0 Å². The third-order valence-corrected chi connectivity index (χ3v) is 17.9. The molecule has 0 atom stereocenters. The highest BCUT2D eigenvalue weighted by atomic mass is 28.3. The zero-order valence-electron chi connectivity index (χ0n) is 34.6. The summed E-state index contributed by atoms with van der Waals surface area (Å²) in [5.41, 5.74) is 11.9. The minimum Gasteiger partial charge on any atom is -0.309 e. The summed E-state index contributed by atoms with van der Waals surface area (Å²) in [5.74, 6) is 0. The molecule has 10 aromatic carbocycles. The van der Waals surface area contributed by atoms with Crippen molar-refractivity contribution in [3.63, 3.8) is 0 Å². The van der Waals surface area contributed by atoms with E-state index in [1.54, 1.807) is 0 Å². The van der Waals surface area contributed by atoms with E-state index in [1.165, 1.54) is 86.6 Å². The minimum atomic E-state index is -2.94. The SMILES string of the molecule is c1ccc(-c2ccccc2-n2c3ccc(-n4c5ccccc5c5cccc([Si](c6ccccc6)(c6ccccc6)c6ccccc6)c54)cc3c3cccc(-c4ccccc4)c32)cc1. The van der Waals surface area contributed by atoms with Gasteiger partial charge in [0.15, 0.2) is 8.07 Å². The van der Waals surface area contributed by atoms with Gasteiger partial charge in [0, 0.05) is 38.4 Å². The van der Waals surface area contributed by atoms with E-state index in [1.807, 2.05) is 0 Å². The summed E-state index contributed by atoms with van der Waals surface area (Å²) in [4.78, 5) is 0. The molecule has 0 bridgehead atoms. The average molecular weight is 819 g/mol. The first-order valence-corrected chi connectivity index (χ1v) is 23.8. The van der Waals surface area contributed by atoms with Gasteiger partial charge in [-0.15, -0.1) is 0 Å². The highest BCUT2D eigenvalue weighted by molar-refractivity contribution is 7.20. The third-order valence-electron chi connectivity index (χ3n) is 13.1. The number of rotatable bonds is 8. The van der Waals surface area contributed by atoms with Crippen LogP contribution in [0.3, 0.4) is 0 Å². The maximum atomic E-state index is 2.57. The molecule has 0 unspecified atom stereocenters. The molecule has 0 N–H and O–H groups in total. The molecule has 2 heterocycles. The van der Waals surface area contributed by atoms with Gasteiger partial charge in [-0.05, 0) is 62.2 Å². The van der Waals surface area contributed by atoms with Gasteiger partial charge in [-0.1, -0.05) is 224 Å². The molecule has 12 aromatic rings. The number of nitrogens with zero attached hydrogens (tertiary/aromatic N) is 2. The zero-order valence-corrected chi connectivity index (χ0v) is 35.6. The van der Waals surface area contributed by atoms with Crippen LogP contribution in [0.1, 0.15) is 0 Å². The summed E-state index contributed by atoms with van der Waals surface area (Å²) in [5, 5.41) is 10.4. The number of benzene rings is 10. The van der Waals surface area contributed by atoms with E-state index in [-0.39, 0.29) is 0 Å². The molecule has 0 saturated heterocycles. The first-order valence-electron chi connectivity index (χ1n) is 21.8. The van der Waals surface area contributed by atoms with Crippen LogP contribution in [0.2, 0.25) is 0 Å². The van der Waals surface area contributed by atoms with Crippen molar-refractivity contribution in [1.82, 2.24) is 9.13 Å². The molecule has 63 heavy (non-hydrogen) atoms. The van der Waals surface area contributed by atoms with Crippen LogP contribution in [0.4, 0.5) is 0 Å². The largest absolute Gasteiger partial charge is 0.309 e. The Morgan fingerprint density at radius 2 is 0.746 bits per heavy atom. The summed E-state index contributed by atoms with van der Waals surface area (Å²) >= 11 is 0. The van der Waals surface area contributed by atoms with Gasteiger partial charge < -0.3 is 9.13 Å². The quantitative estimate of drug-likeness (QED) is 0.107. The molecule has 2 aromatic heterocycles. The van der Waals surface area contributed by atoms with Gasteiger partial charge in [0.05, 0.1) is 27.8 Å². The Bertz CT molecular complexity index is 3500. The van der Waals surface area contributed by atoms with Crippen LogP contribution in [0.5, 0.6) is 0 Å². The van der Waals surface area contributed by atoms with Crippen LogP contribution >= 0.6 is 0 Å². The molecule has 0 spiro atoms. The van der Waals surface area contributed by atoms with Gasteiger partial charge in [-0.25, -0.2) is 0 Å². The topological polar surface area (TPSA) is 9.86 Å². The molecule has 0 saturated carbocycles. The van der Waals surface area contributed by atoms with Crippen molar-refractivity contribution in [2.75, 3.05) is 0 Å². The second-order valence-electron chi connectivity index (χ2n) is 16.4. The van der Waals surface area contributed by atoms with Crippen LogP contribution in [-0.4, -0.2) is 17.2 Å². The van der Waals surface area contributed by atoms with E-state index in [0.29, 0.717) is 0 Å². The van der Waals surface area contributed by atoms with Crippen LogP contribution in [0.25, 0.3) is 77.2 Å². The molecule has 3 heteroatoms. The standard InChI is InChI=1S/C60H42N2Si/c1-6-22-43(23-7-1)49-32-16-18-37-55(49)62-57-41-40-45(42-54(57)53-35-20-34-50(59(53)62)44-24-8-2-9-25-44)61-56-38-19-17-33-51(56)52-36-21-39-58(60(52)61)63(46-26-10-3-11-27-46,47-28-12-4-13-29-47)48-30-14-5-15-31-48/h1-42H. The number of fused-ring (bicyclic) bond motifs is 6. The van der Waals surface area contributed by atoms with Crippen molar-refractivity contribution < 1.29 is 0 Å². The lowest BCUT2D eigenvalue weighted by Crippen LogP contribution is -2.75. The molecule has 12 rings (SSSR count). The highest BCUT2D eigenvalue weighted by Gasteiger charge is 2.43. The lowest BCUT2D eigenvalue weighted by atomic mass is 10.0. The number of hydrogen-bond donors (Lipinski definition) is 0. The lowest BCUT2D eigenvalue weighted by Gasteiger charge is -2.35. The molecular formula is C60H42N2Si. The fourth-order valence-electron chi connectivity index (χ4n) is 10.4. The Hall–Kier alpha value is -7.98. The summed E-state index contributed by atoms with van der Waals surface area (Å²) in [6, 6.07) is 94.3. The van der Waals surface area contributed by atoms with E-state index in [2.05, 4.69) is 264 Å². The third kappa shape index (κ3) is 5.78. The predicted octanol–water partition coefficient (Wildman–Crippen LogP) is 12.6. The molecule has 0 radical (unpaired) electrons. The first kappa shape index (κ1) is 36.8. The van der Waals surface area contributed by atoms with Crippen molar-refractivity contribution in [1.29, 1.82) is 0 Å². The second kappa shape index (κ2) is 15.2. The van der Waals surface area contributed by atoms with Crippen LogP contribution in [0.15, 0.2) is 255 Å². The Balaban J connectivity index is 1.21. The molecule has 296 valence electrons. The normalized spacial score (nSPS) is 11.8. The van der Waals surface area contributed by atoms with Crippen LogP contribution in [0, 0.1) is 0 Å². The molecule has 0 aliphatic rings. The molecule has 0 amide bonds. The molecule has 0 aliphatic heterocycles. The van der Waals surface area contributed by atoms with Crippen LogP contribution < -0.4 is 20.7 Å². The van der Waals surface area contributed by atoms with E-state index < -0.39 is 8.07 Å². The van der Waals surface area contributed by atoms with Gasteiger partial charge >= 0.3 is 0 Å². The molecule has 0 fully saturated rings. The van der Waals surface area contributed by atoms with Crippen molar-refractivity contribution in [3.8, 4) is 33.6 Å². The maximum absolute atomic E-state index is 2.94. The van der Waals surface area contributed by atoms with E-state index in [4.69, 9.17) is 0 Å². The van der Waals surface area contributed by atoms with Gasteiger partial charge in [0.2, 0.25) is 0 Å². The molecular weight excluding hydrogens is 777 g/mol. The summed E-state index contributed by atoms with van der Waals surface area (Å²) in [6.45, 7) is 0. The minimum absolute atomic E-state index is 1.14. The Morgan fingerprint density at radius 1 is 0.286 bits per heavy atom. The van der Waals surface area contributed by atoms with E-state index >= 15 is 0 Å². The fourth-order valence-corrected chi connectivity index (χ4v) is 15.4. The molecule has 0 aliphatic carbocycles. The van der Waals surface area contributed by atoms with Gasteiger partial charge in [0.25, 0.3) is 0 Å². The Kier molecular flexibility index (Phi) is 8.87. The highest BCUT2D eigenvalue weighted by Crippen LogP contribution is 2.42. The van der Waals surface area contributed by atoms with Gasteiger partial charge in [-0.2, -0.15) is 0 Å². The predicted molar refractivity (Wildman–Crippen MR) is 270 cm³/mol. The van der Waals surface area contributed by atoms with Crippen molar-refractivity contribution in [2.45, 2.75) is 0 Å². The lowest BCUT2D eigenvalue weighted by molar-refractivity contribution is 1.17. The Morgan fingerprint density at radius 3 is 1.38 bits per heavy atom. The fraction of sp³-hybridized carbons (Fsp3) is 0. The second-order valence-corrected chi connectivity index (χ2v) is 20.2. The van der Waals surface area contributed by atoms with Crippen molar-refractivity contribution in [3.05, 3.63) is 255 Å². The smallest absolute Gasteiger partial charge is 0.181 e. The number of hydrogen-bond acceptors (Lipinski definition) is 0. The summed E-state index contributed by atoms with van der Waals surface area (Å²) < 4.78 is 5.08. The molecule has 2 nitrogen and oxygen atoms in total. The first-order chi connectivity index (χ1) is 31.3. The number of para-hydroxylation sites is 4. The Labute approximate surface area is 368 Å². The average Bonchev–Trinajstić information content (AvgIpc) is 3.89. The van der Waals surface area contributed by atoms with Crippen molar-refractivity contribution in [2.24, 2.45) is 0 Å². The number of aromatic nitrogens is 2. The summed E-state index contributed by atoms with van der Waals surface area (Å²) in [7, 11) is -2.94. The zero-order chi connectivity index (χ0) is 41.7. The van der Waals surface area contributed by atoms with Gasteiger partial charge in [0.1, 0.15) is 0 Å². The van der Waals surface area contributed by atoms with E-state index in [9.17, 15) is 0 Å². The van der Waals surface area contributed by atoms with E-state index in [0.717, 1.165) is 11.4 Å². The monoisotopic (exact) mass is 818 g/mol. The van der Waals surface area contributed by atoms with Crippen molar-refractivity contribution >= 4 is 72.4 Å².